The Balaban J connectivity index is 1.21. The summed E-state index contributed by atoms with van der Waals surface area (Å²) in [6, 6.07) is 22.3. The molecular formula is C28H28N4O2S. The zero-order valence-electron chi connectivity index (χ0n) is 19.8. The maximum atomic E-state index is 13.8. The lowest BCUT2D eigenvalue weighted by molar-refractivity contribution is -0.136. The van der Waals surface area contributed by atoms with Gasteiger partial charge in [0.2, 0.25) is 0 Å². The Morgan fingerprint density at radius 1 is 0.914 bits per heavy atom. The monoisotopic (exact) mass is 484 g/mol. The number of carbonyl (C=O) groups excluding carboxylic acids is 2. The highest BCUT2D eigenvalue weighted by atomic mass is 32.1. The molecule has 1 aromatic heterocycles. The predicted octanol–water partition coefficient (Wildman–Crippen LogP) is 5.27. The van der Waals surface area contributed by atoms with Crippen LogP contribution in [0, 0.1) is 0 Å². The summed E-state index contributed by atoms with van der Waals surface area (Å²) in [6.07, 6.45) is 1.31. The lowest BCUT2D eigenvalue weighted by atomic mass is 9.85. The summed E-state index contributed by atoms with van der Waals surface area (Å²) in [5.74, 6) is -0.0445. The predicted molar refractivity (Wildman–Crippen MR) is 139 cm³/mol. The topological polar surface area (TPSA) is 56.8 Å². The summed E-state index contributed by atoms with van der Waals surface area (Å²) in [5.41, 5.74) is 1.31. The van der Waals surface area contributed by atoms with Crippen LogP contribution in [0.4, 0.5) is 4.79 Å². The van der Waals surface area contributed by atoms with Crippen molar-refractivity contribution >= 4 is 44.3 Å². The number of amides is 3. The van der Waals surface area contributed by atoms with Crippen LogP contribution < -0.4 is 0 Å². The number of benzene rings is 3. The molecule has 4 aromatic rings. The molecule has 0 unspecified atom stereocenters. The van der Waals surface area contributed by atoms with E-state index in [9.17, 15) is 9.59 Å². The number of aromatic nitrogens is 1. The zero-order chi connectivity index (χ0) is 24.0. The maximum absolute atomic E-state index is 13.8. The molecule has 178 valence electrons. The van der Waals surface area contributed by atoms with Crippen LogP contribution in [0.2, 0.25) is 0 Å². The number of carbonyl (C=O) groups is 2. The van der Waals surface area contributed by atoms with Crippen molar-refractivity contribution in [2.24, 2.45) is 0 Å². The molecule has 2 saturated heterocycles. The minimum atomic E-state index is -0.736. The number of likely N-dealkylation sites (N-methyl/N-ethyl adjacent to an activating group) is 1. The minimum Gasteiger partial charge on any atom is -0.310 e. The van der Waals surface area contributed by atoms with Crippen LogP contribution in [0.15, 0.2) is 66.7 Å². The van der Waals surface area contributed by atoms with Crippen molar-refractivity contribution in [3.05, 3.63) is 77.3 Å². The largest absolute Gasteiger partial charge is 0.327 e. The van der Waals surface area contributed by atoms with E-state index < -0.39 is 5.54 Å². The van der Waals surface area contributed by atoms with Gasteiger partial charge in [-0.2, -0.15) is 0 Å². The Labute approximate surface area is 208 Å². The number of rotatable bonds is 5. The first kappa shape index (κ1) is 22.2. The molecular weight excluding hydrogens is 456 g/mol. The van der Waals surface area contributed by atoms with Crippen LogP contribution >= 0.6 is 11.3 Å². The van der Waals surface area contributed by atoms with E-state index in [2.05, 4.69) is 29.2 Å². The van der Waals surface area contributed by atoms with Gasteiger partial charge in [-0.15, -0.1) is 11.3 Å². The van der Waals surface area contributed by atoms with Crippen LogP contribution in [0.1, 0.15) is 30.3 Å². The number of fused-ring (bicyclic) bond motifs is 2. The van der Waals surface area contributed by atoms with Crippen LogP contribution in [-0.4, -0.2) is 56.8 Å². The molecule has 6 rings (SSSR count). The molecule has 2 aliphatic rings. The van der Waals surface area contributed by atoms with Crippen LogP contribution in [-0.2, 0) is 17.9 Å². The van der Waals surface area contributed by atoms with E-state index in [4.69, 9.17) is 4.98 Å². The summed E-state index contributed by atoms with van der Waals surface area (Å²) >= 11 is 1.73. The summed E-state index contributed by atoms with van der Waals surface area (Å²) in [4.78, 5) is 37.7. The third-order valence-corrected chi connectivity index (χ3v) is 8.55. The van der Waals surface area contributed by atoms with E-state index >= 15 is 0 Å². The molecule has 7 heteroatoms. The third-order valence-electron chi connectivity index (χ3n) is 7.53. The molecule has 3 amide bonds. The van der Waals surface area contributed by atoms with E-state index in [1.54, 1.807) is 11.3 Å². The summed E-state index contributed by atoms with van der Waals surface area (Å²) in [5, 5.41) is 3.31. The van der Waals surface area contributed by atoms with Crippen molar-refractivity contribution in [2.75, 3.05) is 19.6 Å². The number of urea groups is 1. The van der Waals surface area contributed by atoms with E-state index in [-0.39, 0.29) is 11.9 Å². The Morgan fingerprint density at radius 2 is 1.66 bits per heavy atom. The van der Waals surface area contributed by atoms with Gasteiger partial charge in [-0.25, -0.2) is 9.78 Å². The van der Waals surface area contributed by atoms with Gasteiger partial charge in [0.25, 0.3) is 5.91 Å². The molecule has 0 aliphatic carbocycles. The van der Waals surface area contributed by atoms with Crippen molar-refractivity contribution < 1.29 is 9.59 Å². The second-order valence-corrected chi connectivity index (χ2v) is 10.6. The average Bonchev–Trinajstić information content (AvgIpc) is 3.37. The molecule has 0 atom stereocenters. The van der Waals surface area contributed by atoms with Gasteiger partial charge in [0, 0.05) is 19.6 Å². The number of imide groups is 1. The van der Waals surface area contributed by atoms with Crippen LogP contribution in [0.3, 0.4) is 0 Å². The fourth-order valence-corrected chi connectivity index (χ4v) is 6.71. The van der Waals surface area contributed by atoms with E-state index in [1.807, 2.05) is 54.3 Å². The molecule has 3 heterocycles. The fourth-order valence-electron chi connectivity index (χ4n) is 5.70. The first-order valence-corrected chi connectivity index (χ1v) is 13.1. The number of nitrogens with zero attached hydrogens (tertiary/aromatic N) is 4. The Bertz CT molecular complexity index is 1380. The second-order valence-electron chi connectivity index (χ2n) is 9.44. The van der Waals surface area contributed by atoms with Gasteiger partial charge >= 0.3 is 6.03 Å². The smallest absolute Gasteiger partial charge is 0.310 e. The Hall–Kier alpha value is -3.29. The van der Waals surface area contributed by atoms with Crippen molar-refractivity contribution in [2.45, 2.75) is 38.4 Å². The van der Waals surface area contributed by atoms with Crippen LogP contribution in [0.25, 0.3) is 21.0 Å². The minimum absolute atomic E-state index is 0.0445. The number of likely N-dealkylation sites (tertiary alicyclic amines) is 1. The van der Waals surface area contributed by atoms with Gasteiger partial charge in [0.15, 0.2) is 0 Å². The first-order valence-electron chi connectivity index (χ1n) is 12.3. The molecule has 6 nitrogen and oxygen atoms in total. The van der Waals surface area contributed by atoms with Crippen molar-refractivity contribution in [3.8, 4) is 0 Å². The van der Waals surface area contributed by atoms with Gasteiger partial charge in [-0.3, -0.25) is 14.6 Å². The van der Waals surface area contributed by atoms with E-state index in [0.29, 0.717) is 25.9 Å². The molecule has 35 heavy (non-hydrogen) atoms. The number of para-hydroxylation sites is 1. The van der Waals surface area contributed by atoms with E-state index in [1.165, 1.54) is 9.60 Å². The summed E-state index contributed by atoms with van der Waals surface area (Å²) in [6.45, 7) is 5.15. The Morgan fingerprint density at radius 3 is 2.46 bits per heavy atom. The van der Waals surface area contributed by atoms with Gasteiger partial charge in [0.05, 0.1) is 23.3 Å². The molecule has 1 spiro atoms. The highest BCUT2D eigenvalue weighted by Gasteiger charge is 2.57. The molecule has 2 aliphatic heterocycles. The normalized spacial score (nSPS) is 18.4. The fraction of sp³-hybridized carbons (Fsp3) is 0.321. The van der Waals surface area contributed by atoms with Gasteiger partial charge in [0.1, 0.15) is 10.5 Å². The van der Waals surface area contributed by atoms with Crippen molar-refractivity contribution in [3.63, 3.8) is 0 Å². The molecule has 0 N–H and O–H groups in total. The standard InChI is InChI=1S/C28H28N4O2S/c1-2-32-27(34)31(18-21-10-7-9-20-8-3-4-11-22(20)21)26(33)28(32)14-16-30(17-15-28)19-25-29-23-12-5-6-13-24(23)35-25/h3-13H,2,14-19H2,1H3. The highest BCUT2D eigenvalue weighted by Crippen LogP contribution is 2.39. The maximum Gasteiger partial charge on any atom is 0.327 e. The molecule has 0 bridgehead atoms. The van der Waals surface area contributed by atoms with E-state index in [0.717, 1.165) is 46.5 Å². The highest BCUT2D eigenvalue weighted by molar-refractivity contribution is 7.18. The molecule has 3 aromatic carbocycles. The number of hydrogen-bond acceptors (Lipinski definition) is 5. The SMILES string of the molecule is CCN1C(=O)N(Cc2cccc3ccccc23)C(=O)C12CCN(Cc1nc3ccccc3s1)CC2. The molecule has 0 radical (unpaired) electrons. The first-order chi connectivity index (χ1) is 17.1. The summed E-state index contributed by atoms with van der Waals surface area (Å²) < 4.78 is 1.20. The Kier molecular flexibility index (Phi) is 5.54. The van der Waals surface area contributed by atoms with Gasteiger partial charge in [-0.05, 0) is 48.2 Å². The quantitative estimate of drug-likeness (QED) is 0.362. The lowest BCUT2D eigenvalue weighted by Crippen LogP contribution is -2.56. The molecule has 0 saturated carbocycles. The van der Waals surface area contributed by atoms with Gasteiger partial charge < -0.3 is 4.90 Å². The summed E-state index contributed by atoms with van der Waals surface area (Å²) in [7, 11) is 0. The van der Waals surface area contributed by atoms with Crippen molar-refractivity contribution in [1.29, 1.82) is 0 Å². The second kappa shape index (κ2) is 8.73. The van der Waals surface area contributed by atoms with Gasteiger partial charge in [-0.1, -0.05) is 54.6 Å². The third kappa shape index (κ3) is 3.70. The van der Waals surface area contributed by atoms with Crippen LogP contribution in [0.5, 0.6) is 0 Å². The average molecular weight is 485 g/mol. The number of piperidine rings is 1. The number of thiazole rings is 1. The molecule has 2 fully saturated rings. The lowest BCUT2D eigenvalue weighted by Gasteiger charge is -2.41. The van der Waals surface area contributed by atoms with Crippen molar-refractivity contribution in [1.82, 2.24) is 19.7 Å². The number of hydrogen-bond donors (Lipinski definition) is 0. The zero-order valence-corrected chi connectivity index (χ0v) is 20.6.